The van der Waals surface area contributed by atoms with Crippen molar-refractivity contribution in [3.8, 4) is 0 Å². The summed E-state index contributed by atoms with van der Waals surface area (Å²) in [5, 5.41) is 3.03. The molecule has 0 spiro atoms. The topological polar surface area (TPSA) is 78.7 Å². The molecule has 0 aromatic heterocycles. The number of hydrogen-bond acceptors (Lipinski definition) is 4. The molecule has 29 heavy (non-hydrogen) atoms. The lowest BCUT2D eigenvalue weighted by atomic mass is 9.84. The van der Waals surface area contributed by atoms with Crippen LogP contribution in [0, 0.1) is 11.7 Å². The second kappa shape index (κ2) is 10.6. The summed E-state index contributed by atoms with van der Waals surface area (Å²) in [6, 6.07) is 7.24. The lowest BCUT2D eigenvalue weighted by Crippen LogP contribution is -2.47. The molecule has 2 fully saturated rings. The predicted molar refractivity (Wildman–Crippen MR) is 112 cm³/mol. The first-order valence-corrected chi connectivity index (χ1v) is 10.8. The highest BCUT2D eigenvalue weighted by atomic mass is 19.1. The number of carbonyl (C=O) groups excluding carboxylic acids is 2. The van der Waals surface area contributed by atoms with E-state index < -0.39 is 5.91 Å². The number of nitrogens with zero attached hydrogens (tertiary/aromatic N) is 2. The van der Waals surface area contributed by atoms with Crippen molar-refractivity contribution in [1.82, 2.24) is 10.2 Å². The highest BCUT2D eigenvalue weighted by Crippen LogP contribution is 2.27. The van der Waals surface area contributed by atoms with Gasteiger partial charge in [-0.05, 0) is 56.7 Å². The summed E-state index contributed by atoms with van der Waals surface area (Å²) in [6.07, 6.45) is 5.77. The van der Waals surface area contributed by atoms with Crippen LogP contribution in [-0.4, -0.2) is 55.5 Å². The van der Waals surface area contributed by atoms with Gasteiger partial charge in [0.2, 0.25) is 11.8 Å². The maximum atomic E-state index is 13.9. The number of benzene rings is 1. The summed E-state index contributed by atoms with van der Waals surface area (Å²) in [7, 11) is 0. The fraction of sp³-hybridized carbons (Fsp3) is 0.636. The molecule has 1 aromatic carbocycles. The van der Waals surface area contributed by atoms with E-state index in [2.05, 4.69) is 15.1 Å². The van der Waals surface area contributed by atoms with E-state index in [-0.39, 0.29) is 30.6 Å². The Morgan fingerprint density at radius 1 is 1.03 bits per heavy atom. The number of halogens is 1. The second-order valence-corrected chi connectivity index (χ2v) is 8.32. The average Bonchev–Trinajstić information content (AvgIpc) is 2.73. The molecule has 0 unspecified atom stereocenters. The van der Waals surface area contributed by atoms with Crippen molar-refractivity contribution >= 4 is 17.5 Å². The summed E-state index contributed by atoms with van der Waals surface area (Å²) in [5.41, 5.74) is 5.80. The number of hydrogen-bond donors (Lipinski definition) is 2. The number of nitrogens with two attached hydrogens (primary N) is 1. The van der Waals surface area contributed by atoms with Crippen LogP contribution in [0.1, 0.15) is 44.9 Å². The Kier molecular flexibility index (Phi) is 7.86. The Morgan fingerprint density at radius 2 is 1.72 bits per heavy atom. The fourth-order valence-electron chi connectivity index (χ4n) is 4.42. The van der Waals surface area contributed by atoms with Gasteiger partial charge in [-0.15, -0.1) is 0 Å². The first-order valence-electron chi connectivity index (χ1n) is 10.8. The van der Waals surface area contributed by atoms with Crippen LogP contribution >= 0.6 is 0 Å². The molecule has 1 saturated heterocycles. The molecule has 1 aliphatic carbocycles. The van der Waals surface area contributed by atoms with E-state index in [0.717, 1.165) is 58.4 Å². The van der Waals surface area contributed by atoms with Crippen molar-refractivity contribution in [2.24, 2.45) is 11.7 Å². The molecule has 7 heteroatoms. The van der Waals surface area contributed by atoms with Crippen molar-refractivity contribution < 1.29 is 14.0 Å². The Hall–Kier alpha value is -2.15. The van der Waals surface area contributed by atoms with Crippen LogP contribution in [0.15, 0.2) is 24.3 Å². The van der Waals surface area contributed by atoms with Crippen LogP contribution in [-0.2, 0) is 9.59 Å². The van der Waals surface area contributed by atoms with E-state index in [4.69, 9.17) is 5.73 Å². The zero-order chi connectivity index (χ0) is 20.6. The molecule has 0 radical (unpaired) electrons. The first-order chi connectivity index (χ1) is 14.0. The average molecular weight is 405 g/mol. The largest absolute Gasteiger partial charge is 0.370 e. The van der Waals surface area contributed by atoms with Crippen molar-refractivity contribution in [2.45, 2.75) is 51.0 Å². The zero-order valence-corrected chi connectivity index (χ0v) is 17.1. The molecule has 3 rings (SSSR count). The standard InChI is InChI=1S/C22H33FN4O2/c23-19-3-1-2-4-20(19)27-15-13-26(14-16-27)12-11-17-5-7-18(8-6-17)25-22(29)10-9-21(24)28/h1-4,17-18H,5-16H2,(H2,24,28)(H,25,29)/t17-,18-. The number of piperazine rings is 1. The first kappa shape index (κ1) is 21.6. The number of nitrogens with one attached hydrogen (secondary N) is 1. The van der Waals surface area contributed by atoms with E-state index in [1.165, 1.54) is 12.5 Å². The lowest BCUT2D eigenvalue weighted by molar-refractivity contribution is -0.125. The van der Waals surface area contributed by atoms with Gasteiger partial charge in [-0.25, -0.2) is 4.39 Å². The molecule has 160 valence electrons. The van der Waals surface area contributed by atoms with E-state index in [0.29, 0.717) is 11.6 Å². The van der Waals surface area contributed by atoms with E-state index in [1.54, 1.807) is 6.07 Å². The second-order valence-electron chi connectivity index (χ2n) is 8.32. The molecular formula is C22H33FN4O2. The molecule has 1 aliphatic heterocycles. The van der Waals surface area contributed by atoms with Crippen molar-refractivity contribution in [2.75, 3.05) is 37.6 Å². The van der Waals surface area contributed by atoms with Gasteiger partial charge >= 0.3 is 0 Å². The Morgan fingerprint density at radius 3 is 2.38 bits per heavy atom. The normalized spacial score (nSPS) is 23.0. The molecule has 1 aromatic rings. The molecule has 0 atom stereocenters. The van der Waals surface area contributed by atoms with Crippen molar-refractivity contribution in [3.63, 3.8) is 0 Å². The third kappa shape index (κ3) is 6.70. The van der Waals surface area contributed by atoms with Gasteiger partial charge in [-0.2, -0.15) is 0 Å². The minimum absolute atomic E-state index is 0.0695. The molecule has 2 aliphatic rings. The quantitative estimate of drug-likeness (QED) is 0.697. The smallest absolute Gasteiger partial charge is 0.220 e. The predicted octanol–water partition coefficient (Wildman–Crippen LogP) is 2.28. The maximum absolute atomic E-state index is 13.9. The zero-order valence-electron chi connectivity index (χ0n) is 17.1. The Bertz CT molecular complexity index is 683. The highest BCUT2D eigenvalue weighted by Gasteiger charge is 2.24. The van der Waals surface area contributed by atoms with Gasteiger partial charge in [0.1, 0.15) is 5.82 Å². The number of carbonyl (C=O) groups is 2. The summed E-state index contributed by atoms with van der Waals surface area (Å²) in [4.78, 5) is 27.2. The van der Waals surface area contributed by atoms with Crippen LogP contribution < -0.4 is 16.0 Å². The highest BCUT2D eigenvalue weighted by molar-refractivity contribution is 5.82. The van der Waals surface area contributed by atoms with E-state index in [9.17, 15) is 14.0 Å². The lowest BCUT2D eigenvalue weighted by Gasteiger charge is -2.37. The molecule has 3 N–H and O–H groups in total. The Balaban J connectivity index is 1.31. The van der Waals surface area contributed by atoms with Crippen LogP contribution in [0.5, 0.6) is 0 Å². The third-order valence-electron chi connectivity index (χ3n) is 6.23. The van der Waals surface area contributed by atoms with Gasteiger partial charge in [0.25, 0.3) is 0 Å². The van der Waals surface area contributed by atoms with Gasteiger partial charge in [0, 0.05) is 45.1 Å². The van der Waals surface area contributed by atoms with Crippen LogP contribution in [0.25, 0.3) is 0 Å². The van der Waals surface area contributed by atoms with E-state index in [1.807, 2.05) is 12.1 Å². The van der Waals surface area contributed by atoms with Crippen molar-refractivity contribution in [1.29, 1.82) is 0 Å². The SMILES string of the molecule is NC(=O)CCC(=O)N[C@H]1CC[C@H](CCN2CCN(c3ccccc3F)CC2)CC1. The maximum Gasteiger partial charge on any atom is 0.220 e. The summed E-state index contributed by atoms with van der Waals surface area (Å²) < 4.78 is 13.9. The molecule has 0 bridgehead atoms. The van der Waals surface area contributed by atoms with Gasteiger partial charge < -0.3 is 16.0 Å². The Labute approximate surface area is 172 Å². The van der Waals surface area contributed by atoms with Crippen LogP contribution in [0.3, 0.4) is 0 Å². The summed E-state index contributed by atoms with van der Waals surface area (Å²) in [5.74, 6) is 0.0661. The van der Waals surface area contributed by atoms with Gasteiger partial charge in [0.05, 0.1) is 5.69 Å². The number of primary amides is 1. The third-order valence-corrected chi connectivity index (χ3v) is 6.23. The molecule has 1 heterocycles. The summed E-state index contributed by atoms with van der Waals surface area (Å²) in [6.45, 7) is 4.76. The van der Waals surface area contributed by atoms with Crippen molar-refractivity contribution in [3.05, 3.63) is 30.1 Å². The molecule has 6 nitrogen and oxygen atoms in total. The monoisotopic (exact) mass is 404 g/mol. The molecule has 1 saturated carbocycles. The molecule has 2 amide bonds. The number of anilines is 1. The number of amides is 2. The fourth-order valence-corrected chi connectivity index (χ4v) is 4.42. The molecular weight excluding hydrogens is 371 g/mol. The minimum atomic E-state index is -0.432. The van der Waals surface area contributed by atoms with Crippen LogP contribution in [0.4, 0.5) is 10.1 Å². The number of para-hydroxylation sites is 1. The van der Waals surface area contributed by atoms with E-state index >= 15 is 0 Å². The summed E-state index contributed by atoms with van der Waals surface area (Å²) >= 11 is 0. The van der Waals surface area contributed by atoms with Gasteiger partial charge in [-0.1, -0.05) is 12.1 Å². The minimum Gasteiger partial charge on any atom is -0.370 e. The van der Waals surface area contributed by atoms with Gasteiger partial charge in [-0.3, -0.25) is 14.5 Å². The van der Waals surface area contributed by atoms with Crippen LogP contribution in [0.2, 0.25) is 0 Å². The number of rotatable bonds is 8. The van der Waals surface area contributed by atoms with Gasteiger partial charge in [0.15, 0.2) is 0 Å².